The van der Waals surface area contributed by atoms with Crippen molar-refractivity contribution in [3.63, 3.8) is 0 Å². The van der Waals surface area contributed by atoms with Crippen molar-refractivity contribution in [1.82, 2.24) is 0 Å². The highest BCUT2D eigenvalue weighted by Crippen LogP contribution is 2.17. The van der Waals surface area contributed by atoms with Crippen LogP contribution in [0.4, 0.5) is 0 Å². The molecule has 0 rings (SSSR count). The molecular formula is C36H73NO3. The molecule has 0 spiro atoms. The van der Waals surface area contributed by atoms with Crippen molar-refractivity contribution in [2.24, 2.45) is 5.73 Å². The maximum absolute atomic E-state index is 12.2. The van der Waals surface area contributed by atoms with Gasteiger partial charge in [0.2, 0.25) is 0 Å². The highest BCUT2D eigenvalue weighted by atomic mass is 16.3. The predicted molar refractivity (Wildman–Crippen MR) is 175 cm³/mol. The summed E-state index contributed by atoms with van der Waals surface area (Å²) < 4.78 is 0. The first-order valence-corrected chi connectivity index (χ1v) is 18.2. The Kier molecular flexibility index (Phi) is 32.7. The molecule has 2 atom stereocenters. The summed E-state index contributed by atoms with van der Waals surface area (Å²) >= 11 is 0. The molecule has 0 aliphatic rings. The minimum atomic E-state index is -0.984. The topological polar surface area (TPSA) is 83.5 Å². The Morgan fingerprint density at radius 3 is 1.20 bits per heavy atom. The molecule has 0 amide bonds. The Balaban J connectivity index is 3.40. The molecule has 0 aromatic carbocycles. The number of nitrogens with two attached hydrogens (primary N) is 1. The quantitative estimate of drug-likeness (QED) is 0.0675. The molecule has 2 unspecified atom stereocenters. The Morgan fingerprint density at radius 2 is 0.825 bits per heavy atom. The van der Waals surface area contributed by atoms with Gasteiger partial charge in [-0.25, -0.2) is 0 Å². The van der Waals surface area contributed by atoms with Crippen LogP contribution >= 0.6 is 0 Å². The molecule has 240 valence electrons. The fourth-order valence-electron chi connectivity index (χ4n) is 5.81. The number of aliphatic hydroxyl groups excluding tert-OH is 2. The smallest absolute Gasteiger partial charge is 0.161 e. The van der Waals surface area contributed by atoms with E-state index in [0.717, 1.165) is 32.2 Å². The van der Waals surface area contributed by atoms with E-state index in [9.17, 15) is 15.0 Å². The summed E-state index contributed by atoms with van der Waals surface area (Å²) in [6, 6.07) is 0. The van der Waals surface area contributed by atoms with E-state index < -0.39 is 12.2 Å². The average molecular weight is 568 g/mol. The van der Waals surface area contributed by atoms with Crippen LogP contribution in [0.3, 0.4) is 0 Å². The summed E-state index contributed by atoms with van der Waals surface area (Å²) in [6.07, 6.45) is 36.1. The van der Waals surface area contributed by atoms with Gasteiger partial charge in [-0.05, 0) is 25.8 Å². The SMILES string of the molecule is CCCCCCCCCCCCCCCCCC(=O)C(O)CC(O)CCCCCCCCCCCCCCCN. The summed E-state index contributed by atoms with van der Waals surface area (Å²) in [5.41, 5.74) is 5.53. The van der Waals surface area contributed by atoms with Crippen molar-refractivity contribution >= 4 is 5.78 Å². The summed E-state index contributed by atoms with van der Waals surface area (Å²) in [4.78, 5) is 12.2. The minimum absolute atomic E-state index is 0.0793. The van der Waals surface area contributed by atoms with Crippen molar-refractivity contribution in [3.05, 3.63) is 0 Å². The maximum atomic E-state index is 12.2. The Labute approximate surface area is 251 Å². The number of aliphatic hydroxyl groups is 2. The fraction of sp³-hybridized carbons (Fsp3) is 0.972. The first kappa shape index (κ1) is 39.5. The molecule has 0 heterocycles. The van der Waals surface area contributed by atoms with E-state index in [0.29, 0.717) is 12.8 Å². The number of Topliss-reactive ketones (excluding diaryl/α,β-unsaturated/α-hetero) is 1. The van der Waals surface area contributed by atoms with Gasteiger partial charge in [-0.15, -0.1) is 0 Å². The maximum Gasteiger partial charge on any atom is 0.161 e. The molecule has 0 fully saturated rings. The van der Waals surface area contributed by atoms with Crippen molar-refractivity contribution in [1.29, 1.82) is 0 Å². The van der Waals surface area contributed by atoms with Gasteiger partial charge in [0.15, 0.2) is 5.78 Å². The molecule has 0 aliphatic heterocycles. The van der Waals surface area contributed by atoms with E-state index in [1.54, 1.807) is 0 Å². The van der Waals surface area contributed by atoms with Crippen LogP contribution in [0.5, 0.6) is 0 Å². The highest BCUT2D eigenvalue weighted by molar-refractivity contribution is 5.82. The summed E-state index contributed by atoms with van der Waals surface area (Å²) in [7, 11) is 0. The summed E-state index contributed by atoms with van der Waals surface area (Å²) in [6.45, 7) is 3.11. The second kappa shape index (κ2) is 33.1. The van der Waals surface area contributed by atoms with Gasteiger partial charge < -0.3 is 15.9 Å². The lowest BCUT2D eigenvalue weighted by Gasteiger charge is -2.15. The molecular weight excluding hydrogens is 494 g/mol. The van der Waals surface area contributed by atoms with Gasteiger partial charge in [0.25, 0.3) is 0 Å². The third-order valence-electron chi connectivity index (χ3n) is 8.64. The van der Waals surface area contributed by atoms with Crippen LogP contribution in [-0.2, 0) is 4.79 Å². The molecule has 0 aliphatic carbocycles. The number of hydrogen-bond donors (Lipinski definition) is 3. The van der Waals surface area contributed by atoms with Gasteiger partial charge in [-0.2, -0.15) is 0 Å². The van der Waals surface area contributed by atoms with E-state index in [4.69, 9.17) is 5.73 Å². The average Bonchev–Trinajstić information content (AvgIpc) is 2.95. The lowest BCUT2D eigenvalue weighted by molar-refractivity contribution is -0.128. The third kappa shape index (κ3) is 30.5. The predicted octanol–water partition coefficient (Wildman–Crippen LogP) is 10.3. The van der Waals surface area contributed by atoms with Crippen LogP contribution < -0.4 is 5.73 Å². The molecule has 0 saturated heterocycles. The van der Waals surface area contributed by atoms with E-state index in [1.807, 2.05) is 0 Å². The number of hydrogen-bond acceptors (Lipinski definition) is 4. The van der Waals surface area contributed by atoms with Crippen LogP contribution in [-0.4, -0.2) is 34.7 Å². The Morgan fingerprint density at radius 1 is 0.500 bits per heavy atom. The molecule has 4 heteroatoms. The minimum Gasteiger partial charge on any atom is -0.393 e. The van der Waals surface area contributed by atoms with E-state index in [-0.39, 0.29) is 12.2 Å². The van der Waals surface area contributed by atoms with Crippen molar-refractivity contribution in [2.45, 2.75) is 218 Å². The van der Waals surface area contributed by atoms with Gasteiger partial charge >= 0.3 is 0 Å². The van der Waals surface area contributed by atoms with Crippen LogP contribution in [0, 0.1) is 0 Å². The molecule has 0 radical (unpaired) electrons. The summed E-state index contributed by atoms with van der Waals surface area (Å²) in [5.74, 6) is -0.0793. The third-order valence-corrected chi connectivity index (χ3v) is 8.64. The number of carbonyl (C=O) groups excluding carboxylic acids is 1. The van der Waals surface area contributed by atoms with E-state index in [2.05, 4.69) is 6.92 Å². The molecule has 0 saturated carbocycles. The van der Waals surface area contributed by atoms with Gasteiger partial charge in [-0.3, -0.25) is 4.79 Å². The molecule has 4 nitrogen and oxygen atoms in total. The van der Waals surface area contributed by atoms with Crippen molar-refractivity contribution in [2.75, 3.05) is 6.54 Å². The zero-order valence-corrected chi connectivity index (χ0v) is 27.2. The highest BCUT2D eigenvalue weighted by Gasteiger charge is 2.18. The first-order valence-electron chi connectivity index (χ1n) is 18.2. The largest absolute Gasteiger partial charge is 0.393 e. The lowest BCUT2D eigenvalue weighted by atomic mass is 9.98. The van der Waals surface area contributed by atoms with Crippen molar-refractivity contribution < 1.29 is 15.0 Å². The number of rotatable bonds is 34. The van der Waals surface area contributed by atoms with Gasteiger partial charge in [0.1, 0.15) is 6.10 Å². The van der Waals surface area contributed by atoms with Gasteiger partial charge in [0.05, 0.1) is 6.10 Å². The Hall–Kier alpha value is -0.450. The monoisotopic (exact) mass is 568 g/mol. The van der Waals surface area contributed by atoms with E-state index in [1.165, 1.54) is 154 Å². The fourth-order valence-corrected chi connectivity index (χ4v) is 5.81. The van der Waals surface area contributed by atoms with E-state index >= 15 is 0 Å². The standard InChI is InChI=1S/C36H73NO3/c1-2-3-4-5-6-7-8-9-10-13-16-19-22-25-28-31-35(39)36(40)33-34(38)30-27-24-21-18-15-12-11-14-17-20-23-26-29-32-37/h34,36,38,40H,2-33,37H2,1H3. The van der Waals surface area contributed by atoms with Crippen LogP contribution in [0.25, 0.3) is 0 Å². The second-order valence-corrected chi connectivity index (χ2v) is 12.7. The zero-order chi connectivity index (χ0) is 29.4. The molecule has 40 heavy (non-hydrogen) atoms. The van der Waals surface area contributed by atoms with Gasteiger partial charge in [0, 0.05) is 12.8 Å². The van der Waals surface area contributed by atoms with Crippen LogP contribution in [0.2, 0.25) is 0 Å². The molecule has 4 N–H and O–H groups in total. The lowest BCUT2D eigenvalue weighted by Crippen LogP contribution is -2.25. The Bertz CT molecular complexity index is 498. The molecule has 0 aromatic heterocycles. The number of unbranched alkanes of at least 4 members (excludes halogenated alkanes) is 26. The molecule has 0 bridgehead atoms. The number of carbonyl (C=O) groups is 1. The van der Waals surface area contributed by atoms with Crippen LogP contribution in [0.15, 0.2) is 0 Å². The first-order chi connectivity index (χ1) is 19.6. The van der Waals surface area contributed by atoms with Gasteiger partial charge in [-0.1, -0.05) is 174 Å². The van der Waals surface area contributed by atoms with Crippen LogP contribution in [0.1, 0.15) is 206 Å². The number of ketones is 1. The second-order valence-electron chi connectivity index (χ2n) is 12.7. The summed E-state index contributed by atoms with van der Waals surface area (Å²) in [5, 5.41) is 20.4. The zero-order valence-electron chi connectivity index (χ0n) is 27.2. The van der Waals surface area contributed by atoms with Crippen molar-refractivity contribution in [3.8, 4) is 0 Å². The normalized spacial score (nSPS) is 13.1. The molecule has 0 aromatic rings.